The number of ether oxygens (including phenoxy) is 1. The summed E-state index contributed by atoms with van der Waals surface area (Å²) in [4.78, 5) is 0.280. The third-order valence-corrected chi connectivity index (χ3v) is 2.78. The second-order valence-corrected chi connectivity index (χ2v) is 3.58. The second-order valence-electron chi connectivity index (χ2n) is 1.93. The molecule has 5 heteroatoms. The van der Waals surface area contributed by atoms with E-state index < -0.39 is 11.1 Å². The van der Waals surface area contributed by atoms with Crippen molar-refractivity contribution in [1.29, 1.82) is 0 Å². The lowest BCUT2D eigenvalue weighted by Crippen LogP contribution is -1.94. The van der Waals surface area contributed by atoms with Crippen LogP contribution >= 0.6 is 15.9 Å². The average molecular weight is 239 g/mol. The van der Waals surface area contributed by atoms with Crippen molar-refractivity contribution >= 4 is 27.0 Å². The van der Waals surface area contributed by atoms with Crippen molar-refractivity contribution in [2.24, 2.45) is 0 Å². The van der Waals surface area contributed by atoms with Crippen molar-refractivity contribution in [3.8, 4) is 0 Å². The number of rotatable bonds is 1. The maximum absolute atomic E-state index is 10.6. The molecule has 0 aromatic heterocycles. The van der Waals surface area contributed by atoms with E-state index in [0.717, 1.165) is 6.42 Å². The van der Waals surface area contributed by atoms with E-state index in [2.05, 4.69) is 15.9 Å². The number of hydrogen-bond acceptors (Lipinski definition) is 2. The largest absolute Gasteiger partial charge is 0.485 e. The van der Waals surface area contributed by atoms with Gasteiger partial charge in [-0.15, -0.1) is 0 Å². The SMILES string of the molecule is O=S(O)C1=C(Br)OCCC=C1. The zero-order valence-electron chi connectivity index (χ0n) is 5.62. The Morgan fingerprint density at radius 2 is 2.45 bits per heavy atom. The normalized spacial score (nSPS) is 20.9. The van der Waals surface area contributed by atoms with Crippen molar-refractivity contribution in [3.63, 3.8) is 0 Å². The van der Waals surface area contributed by atoms with Crippen LogP contribution in [0.3, 0.4) is 0 Å². The Morgan fingerprint density at radius 1 is 1.73 bits per heavy atom. The molecule has 0 radical (unpaired) electrons. The summed E-state index contributed by atoms with van der Waals surface area (Å²) in [5.74, 6) is 0. The number of hydrogen-bond donors (Lipinski definition) is 1. The van der Waals surface area contributed by atoms with Crippen molar-refractivity contribution in [2.75, 3.05) is 6.61 Å². The first-order valence-corrected chi connectivity index (χ1v) is 4.92. The average Bonchev–Trinajstić information content (AvgIpc) is 2.13. The standard InChI is InChI=1S/C6H7BrO3S/c7-6-5(11(8)9)3-1-2-4-10-6/h1,3H,2,4H2,(H,8,9). The van der Waals surface area contributed by atoms with Crippen LogP contribution in [0.4, 0.5) is 0 Å². The van der Waals surface area contributed by atoms with Gasteiger partial charge in [-0.2, -0.15) is 0 Å². The first-order valence-electron chi connectivity index (χ1n) is 3.02. The van der Waals surface area contributed by atoms with Gasteiger partial charge in [0.05, 0.1) is 6.61 Å². The smallest absolute Gasteiger partial charge is 0.190 e. The number of halogens is 1. The van der Waals surface area contributed by atoms with E-state index in [9.17, 15) is 4.21 Å². The lowest BCUT2D eigenvalue weighted by molar-refractivity contribution is 0.248. The molecule has 62 valence electrons. The maximum Gasteiger partial charge on any atom is 0.190 e. The molecule has 0 aromatic rings. The van der Waals surface area contributed by atoms with Crippen LogP contribution in [0, 0.1) is 0 Å². The monoisotopic (exact) mass is 238 g/mol. The van der Waals surface area contributed by atoms with Crippen molar-refractivity contribution < 1.29 is 13.5 Å². The Hall–Kier alpha value is -0.130. The van der Waals surface area contributed by atoms with Gasteiger partial charge < -0.3 is 9.29 Å². The quantitative estimate of drug-likeness (QED) is 0.709. The molecule has 0 bridgehead atoms. The minimum Gasteiger partial charge on any atom is -0.485 e. The van der Waals surface area contributed by atoms with Gasteiger partial charge in [0.1, 0.15) is 4.91 Å². The van der Waals surface area contributed by atoms with E-state index in [0.29, 0.717) is 11.3 Å². The predicted octanol–water partition coefficient (Wildman–Crippen LogP) is 1.75. The van der Waals surface area contributed by atoms with Gasteiger partial charge in [0.25, 0.3) is 0 Å². The van der Waals surface area contributed by atoms with Crippen LogP contribution in [0.5, 0.6) is 0 Å². The summed E-state index contributed by atoms with van der Waals surface area (Å²) in [6.07, 6.45) is 4.15. The van der Waals surface area contributed by atoms with Crippen LogP contribution in [0.1, 0.15) is 6.42 Å². The van der Waals surface area contributed by atoms with E-state index in [1.165, 1.54) is 0 Å². The minimum absolute atomic E-state index is 0.280. The Kier molecular flexibility index (Phi) is 3.29. The topological polar surface area (TPSA) is 46.5 Å². The highest BCUT2D eigenvalue weighted by Crippen LogP contribution is 2.20. The van der Waals surface area contributed by atoms with E-state index in [4.69, 9.17) is 9.29 Å². The van der Waals surface area contributed by atoms with E-state index in [1.54, 1.807) is 12.2 Å². The molecule has 3 nitrogen and oxygen atoms in total. The highest BCUT2D eigenvalue weighted by Gasteiger charge is 2.10. The summed E-state index contributed by atoms with van der Waals surface area (Å²) >= 11 is 1.09. The molecule has 1 rings (SSSR count). The fraction of sp³-hybridized carbons (Fsp3) is 0.333. The summed E-state index contributed by atoms with van der Waals surface area (Å²) in [6, 6.07) is 0. The first kappa shape index (κ1) is 8.96. The summed E-state index contributed by atoms with van der Waals surface area (Å²) in [5, 5.41) is 0. The fourth-order valence-electron chi connectivity index (χ4n) is 0.670. The van der Waals surface area contributed by atoms with Gasteiger partial charge >= 0.3 is 0 Å². The molecule has 1 heterocycles. The maximum atomic E-state index is 10.6. The summed E-state index contributed by atoms with van der Waals surface area (Å²) < 4.78 is 24.7. The molecule has 11 heavy (non-hydrogen) atoms. The molecule has 0 saturated carbocycles. The van der Waals surface area contributed by atoms with Gasteiger partial charge in [0.2, 0.25) is 0 Å². The molecule has 0 spiro atoms. The van der Waals surface area contributed by atoms with Crippen LogP contribution in [0.15, 0.2) is 21.7 Å². The van der Waals surface area contributed by atoms with Gasteiger partial charge in [-0.1, -0.05) is 6.08 Å². The Balaban J connectivity index is 2.91. The molecule has 1 aliphatic rings. The van der Waals surface area contributed by atoms with Crippen molar-refractivity contribution in [1.82, 2.24) is 0 Å². The third kappa shape index (κ3) is 2.43. The molecule has 1 atom stereocenters. The van der Waals surface area contributed by atoms with E-state index in [-0.39, 0.29) is 4.91 Å². The summed E-state index contributed by atoms with van der Waals surface area (Å²) in [6.45, 7) is 0.539. The van der Waals surface area contributed by atoms with Crippen LogP contribution < -0.4 is 0 Å². The fourth-order valence-corrected chi connectivity index (χ4v) is 1.79. The molecule has 1 unspecified atom stereocenters. The van der Waals surface area contributed by atoms with Gasteiger partial charge in [0, 0.05) is 0 Å². The Morgan fingerprint density at radius 3 is 3.09 bits per heavy atom. The van der Waals surface area contributed by atoms with E-state index >= 15 is 0 Å². The molecular formula is C6H7BrO3S. The molecule has 0 aromatic carbocycles. The zero-order chi connectivity index (χ0) is 8.27. The molecule has 1 aliphatic heterocycles. The summed E-state index contributed by atoms with van der Waals surface area (Å²) in [5.41, 5.74) is 0. The molecule has 0 amide bonds. The molecule has 0 fully saturated rings. The molecular weight excluding hydrogens is 232 g/mol. The van der Waals surface area contributed by atoms with Crippen molar-refractivity contribution in [3.05, 3.63) is 21.7 Å². The van der Waals surface area contributed by atoms with Gasteiger partial charge in [-0.05, 0) is 28.4 Å². The Labute approximate surface area is 75.5 Å². The molecule has 0 aliphatic carbocycles. The number of allylic oxidation sites excluding steroid dienone is 1. The van der Waals surface area contributed by atoms with Gasteiger partial charge in [-0.3, -0.25) is 0 Å². The third-order valence-electron chi connectivity index (χ3n) is 1.16. The first-order chi connectivity index (χ1) is 5.22. The van der Waals surface area contributed by atoms with Crippen LogP contribution in [0.2, 0.25) is 0 Å². The second kappa shape index (κ2) is 4.04. The van der Waals surface area contributed by atoms with E-state index in [1.807, 2.05) is 0 Å². The zero-order valence-corrected chi connectivity index (χ0v) is 8.02. The molecule has 0 saturated heterocycles. The highest BCUT2D eigenvalue weighted by atomic mass is 79.9. The Bertz CT molecular complexity index is 234. The van der Waals surface area contributed by atoms with Crippen LogP contribution in [-0.4, -0.2) is 15.4 Å². The van der Waals surface area contributed by atoms with Crippen LogP contribution in [0.25, 0.3) is 0 Å². The predicted molar refractivity (Wildman–Crippen MR) is 46.4 cm³/mol. The van der Waals surface area contributed by atoms with Gasteiger partial charge in [0.15, 0.2) is 15.7 Å². The molecule has 1 N–H and O–H groups in total. The minimum atomic E-state index is -1.97. The van der Waals surface area contributed by atoms with Crippen LogP contribution in [-0.2, 0) is 15.8 Å². The van der Waals surface area contributed by atoms with Crippen molar-refractivity contribution in [2.45, 2.75) is 6.42 Å². The lowest BCUT2D eigenvalue weighted by atomic mass is 10.4. The lowest BCUT2D eigenvalue weighted by Gasteiger charge is -2.01. The van der Waals surface area contributed by atoms with Gasteiger partial charge in [-0.25, -0.2) is 4.21 Å². The highest BCUT2D eigenvalue weighted by molar-refractivity contribution is 9.11. The summed E-state index contributed by atoms with van der Waals surface area (Å²) in [7, 11) is 0.